The molecule has 4 aromatic heterocycles. The highest BCUT2D eigenvalue weighted by molar-refractivity contribution is 9.10. The minimum atomic E-state index is -1.80. The fourth-order valence-electron chi connectivity index (χ4n) is 6.36. The van der Waals surface area contributed by atoms with Crippen LogP contribution in [0.5, 0.6) is 5.75 Å². The number of rotatable bonds is 15. The van der Waals surface area contributed by atoms with Gasteiger partial charge in [0.25, 0.3) is 0 Å². The first-order valence-electron chi connectivity index (χ1n) is 21.1. The molecule has 0 radical (unpaired) electrons. The number of fused-ring (bicyclic) bond motifs is 2. The third kappa shape index (κ3) is 12.4. The van der Waals surface area contributed by atoms with Crippen LogP contribution in [0, 0.1) is 0 Å². The molecule has 11 nitrogen and oxygen atoms in total. The van der Waals surface area contributed by atoms with Crippen LogP contribution in [-0.2, 0) is 13.6 Å². The summed E-state index contributed by atoms with van der Waals surface area (Å²) in [5.41, 5.74) is 3.86. The van der Waals surface area contributed by atoms with Crippen molar-refractivity contribution in [3.63, 3.8) is 0 Å². The van der Waals surface area contributed by atoms with Crippen molar-refractivity contribution in [2.75, 3.05) is 52.7 Å². The molecule has 1 aliphatic heterocycles. The number of hydrogen-bond acceptors (Lipinski definition) is 9. The number of nitrogens with zero attached hydrogens (tertiary/aromatic N) is 7. The van der Waals surface area contributed by atoms with E-state index in [1.807, 2.05) is 35.1 Å². The lowest BCUT2D eigenvalue weighted by Gasteiger charge is -2.36. The molecule has 0 spiro atoms. The zero-order chi connectivity index (χ0) is 44.0. The number of pyridine rings is 2. The largest absolute Gasteiger partial charge is 0.492 e. The lowest BCUT2D eigenvalue weighted by atomic mass is 10.1. The minimum absolute atomic E-state index is 0.146. The molecule has 0 aliphatic carbocycles. The van der Waals surface area contributed by atoms with E-state index in [4.69, 9.17) is 46.6 Å². The molecular formula is C44H66BrCl2N7O4Si2. The number of ether oxygens (including phenoxy) is 2. The van der Waals surface area contributed by atoms with Gasteiger partial charge in [-0.15, -0.1) is 0 Å². The fourth-order valence-corrected chi connectivity index (χ4v) is 9.26. The van der Waals surface area contributed by atoms with Crippen molar-refractivity contribution in [1.82, 2.24) is 34.4 Å². The Bertz CT molecular complexity index is 2180. The molecule has 16 heteroatoms. The van der Waals surface area contributed by atoms with Crippen LogP contribution >= 0.6 is 39.1 Å². The number of halogens is 3. The van der Waals surface area contributed by atoms with Gasteiger partial charge in [-0.05, 0) is 91.0 Å². The maximum Gasteiger partial charge on any atom is 0.191 e. The van der Waals surface area contributed by atoms with Crippen LogP contribution in [0.3, 0.4) is 0 Å². The van der Waals surface area contributed by atoms with E-state index in [9.17, 15) is 0 Å². The Hall–Kier alpha value is -2.41. The summed E-state index contributed by atoms with van der Waals surface area (Å²) in [6, 6.07) is 12.3. The summed E-state index contributed by atoms with van der Waals surface area (Å²) in [7, 11) is -3.50. The molecule has 1 fully saturated rings. The van der Waals surface area contributed by atoms with Gasteiger partial charge < -0.3 is 18.3 Å². The van der Waals surface area contributed by atoms with Gasteiger partial charge in [0.15, 0.2) is 16.6 Å². The summed E-state index contributed by atoms with van der Waals surface area (Å²) in [5, 5.41) is 13.0. The molecule has 0 bridgehead atoms. The highest BCUT2D eigenvalue weighted by atomic mass is 79.9. The molecular weight excluding hydrogens is 898 g/mol. The standard InChI is InChI=1S/C28H41ClN4O3Si.C16H25BrClN3OSi/c1-21(10-14-36-37(5,6)28(2,3)4)33-25-19-26(29)30-20-24(25)27(31-33)22-8-7-9-23(18-22)35-17-13-32-11-15-34-16-12-32;1-11(7-8-22-23(5,6)16(2,3)4)21-13-9-14(18)19-10-12(13)15(17)20-21/h7-9,18-21H,10-17H2,1-6H3;9-11H,7-8H2,1-6H3/t21-;11-/m00/s1. The number of hydrogen-bond donors (Lipinski definition) is 0. The molecule has 5 heterocycles. The molecule has 0 unspecified atom stereocenters. The minimum Gasteiger partial charge on any atom is -0.492 e. The molecule has 6 rings (SSSR count). The molecule has 0 amide bonds. The second kappa shape index (κ2) is 20.4. The van der Waals surface area contributed by atoms with Crippen molar-refractivity contribution in [1.29, 1.82) is 0 Å². The third-order valence-corrected chi connectivity index (χ3v) is 22.5. The van der Waals surface area contributed by atoms with E-state index in [1.54, 1.807) is 6.20 Å². The predicted molar refractivity (Wildman–Crippen MR) is 256 cm³/mol. The van der Waals surface area contributed by atoms with Gasteiger partial charge in [0.2, 0.25) is 0 Å². The molecule has 60 heavy (non-hydrogen) atoms. The molecule has 1 saturated heterocycles. The number of aromatic nitrogens is 6. The van der Waals surface area contributed by atoms with Crippen molar-refractivity contribution in [2.24, 2.45) is 0 Å². The second-order valence-corrected chi connectivity index (χ2v) is 30.0. The van der Waals surface area contributed by atoms with Gasteiger partial charge in [-0.25, -0.2) is 9.97 Å². The van der Waals surface area contributed by atoms with Crippen LogP contribution in [0.2, 0.25) is 46.6 Å². The summed E-state index contributed by atoms with van der Waals surface area (Å²) in [6.07, 6.45) is 5.36. The van der Waals surface area contributed by atoms with Crippen molar-refractivity contribution >= 4 is 77.6 Å². The summed E-state index contributed by atoms with van der Waals surface area (Å²) in [6.45, 7) is 33.6. The maximum atomic E-state index is 6.44. The smallest absolute Gasteiger partial charge is 0.191 e. The molecule has 330 valence electrons. The normalized spacial score (nSPS) is 15.6. The average molecular weight is 964 g/mol. The van der Waals surface area contributed by atoms with Gasteiger partial charge in [0, 0.05) is 68.3 Å². The predicted octanol–water partition coefficient (Wildman–Crippen LogP) is 12.3. The first-order chi connectivity index (χ1) is 28.1. The Morgan fingerprint density at radius 1 is 0.750 bits per heavy atom. The van der Waals surface area contributed by atoms with Gasteiger partial charge in [-0.2, -0.15) is 10.2 Å². The molecule has 0 saturated carbocycles. The van der Waals surface area contributed by atoms with Crippen LogP contribution in [-0.4, -0.2) is 104 Å². The summed E-state index contributed by atoms with van der Waals surface area (Å²) in [5.74, 6) is 0.839. The van der Waals surface area contributed by atoms with Gasteiger partial charge in [-0.1, -0.05) is 76.9 Å². The maximum absolute atomic E-state index is 6.44. The van der Waals surface area contributed by atoms with E-state index in [1.165, 1.54) is 0 Å². The van der Waals surface area contributed by atoms with Gasteiger partial charge in [0.1, 0.15) is 33.0 Å². The third-order valence-electron chi connectivity index (χ3n) is 12.4. The Labute approximate surface area is 378 Å². The van der Waals surface area contributed by atoms with Crippen molar-refractivity contribution in [3.8, 4) is 17.0 Å². The molecule has 2 atom stereocenters. The van der Waals surface area contributed by atoms with Gasteiger partial charge in [-0.3, -0.25) is 14.3 Å². The Morgan fingerprint density at radius 3 is 1.82 bits per heavy atom. The number of morpholine rings is 1. The average Bonchev–Trinajstić information content (AvgIpc) is 3.71. The molecule has 1 aromatic carbocycles. The van der Waals surface area contributed by atoms with Crippen LogP contribution in [0.4, 0.5) is 0 Å². The van der Waals surface area contributed by atoms with E-state index in [2.05, 4.69) is 134 Å². The summed E-state index contributed by atoms with van der Waals surface area (Å²) < 4.78 is 29.1. The Balaban J connectivity index is 0.000000255. The van der Waals surface area contributed by atoms with E-state index < -0.39 is 16.6 Å². The van der Waals surface area contributed by atoms with E-state index >= 15 is 0 Å². The number of benzene rings is 1. The molecule has 5 aromatic rings. The molecule has 1 aliphatic rings. The van der Waals surface area contributed by atoms with Crippen LogP contribution in [0.15, 0.2) is 53.4 Å². The monoisotopic (exact) mass is 961 g/mol. The van der Waals surface area contributed by atoms with Crippen molar-refractivity contribution < 1.29 is 18.3 Å². The topological polar surface area (TPSA) is 102 Å². The SMILES string of the molecule is C[C@@H](CCO[Si](C)(C)C(C)(C)C)n1nc(-c2cccc(OCCN3CCOCC3)c2)c2cnc(Cl)cc21.C[C@@H](CCO[Si](C)(C)C(C)(C)C)n1nc(Br)c2cnc(Cl)cc21. The summed E-state index contributed by atoms with van der Waals surface area (Å²) in [4.78, 5) is 10.9. The zero-order valence-corrected chi connectivity index (χ0v) is 42.8. The summed E-state index contributed by atoms with van der Waals surface area (Å²) >= 11 is 15.8. The highest BCUT2D eigenvalue weighted by Gasteiger charge is 2.38. The second-order valence-electron chi connectivity index (χ2n) is 18.9. The van der Waals surface area contributed by atoms with Crippen molar-refractivity contribution in [2.45, 2.75) is 117 Å². The molecule has 0 N–H and O–H groups in total. The van der Waals surface area contributed by atoms with Crippen LogP contribution in [0.25, 0.3) is 33.1 Å². The van der Waals surface area contributed by atoms with E-state index in [-0.39, 0.29) is 22.2 Å². The quantitative estimate of drug-likeness (QED) is 0.0750. The first kappa shape index (κ1) is 48.6. The van der Waals surface area contributed by atoms with Crippen molar-refractivity contribution in [3.05, 3.63) is 63.7 Å². The fraction of sp³-hybridized carbons (Fsp3) is 0.591. The van der Waals surface area contributed by atoms with Crippen LogP contribution in [0.1, 0.15) is 80.3 Å². The van der Waals surface area contributed by atoms with E-state index in [0.29, 0.717) is 23.5 Å². The Kier molecular flexibility index (Phi) is 16.5. The lowest BCUT2D eigenvalue weighted by molar-refractivity contribution is 0.0322. The lowest BCUT2D eigenvalue weighted by Crippen LogP contribution is -2.41. The highest BCUT2D eigenvalue weighted by Crippen LogP contribution is 2.39. The van der Waals surface area contributed by atoms with Crippen LogP contribution < -0.4 is 4.74 Å². The Morgan fingerprint density at radius 2 is 1.27 bits per heavy atom. The van der Waals surface area contributed by atoms with Gasteiger partial charge in [0.05, 0.1) is 41.7 Å². The van der Waals surface area contributed by atoms with E-state index in [0.717, 1.165) is 95.7 Å². The first-order valence-corrected chi connectivity index (χ1v) is 28.5. The zero-order valence-electron chi connectivity index (χ0n) is 37.7. The van der Waals surface area contributed by atoms with Gasteiger partial charge >= 0.3 is 0 Å².